The van der Waals surface area contributed by atoms with Gasteiger partial charge in [-0.3, -0.25) is 0 Å². The monoisotopic (exact) mass is 227 g/mol. The third-order valence-corrected chi connectivity index (χ3v) is 2.47. The third kappa shape index (κ3) is 2.56. The van der Waals surface area contributed by atoms with Gasteiger partial charge in [-0.2, -0.15) is 0 Å². The van der Waals surface area contributed by atoms with Crippen molar-refractivity contribution in [1.29, 1.82) is 0 Å². The molecular formula is C12H10F3O. The van der Waals surface area contributed by atoms with Crippen molar-refractivity contribution in [3.05, 3.63) is 42.0 Å². The van der Waals surface area contributed by atoms with E-state index in [0.29, 0.717) is 11.5 Å². The van der Waals surface area contributed by atoms with Gasteiger partial charge in [0.25, 0.3) is 0 Å². The molecule has 0 N–H and O–H groups in total. The summed E-state index contributed by atoms with van der Waals surface area (Å²) < 4.78 is 39.8. The average molecular weight is 227 g/mol. The van der Waals surface area contributed by atoms with Gasteiger partial charge in [0.15, 0.2) is 0 Å². The van der Waals surface area contributed by atoms with Crippen LogP contribution in [0.4, 0.5) is 13.2 Å². The second kappa shape index (κ2) is 3.85. The molecule has 0 heterocycles. The lowest BCUT2D eigenvalue weighted by atomic mass is 10.0. The lowest BCUT2D eigenvalue weighted by Crippen LogP contribution is -2.17. The quantitative estimate of drug-likeness (QED) is 0.763. The summed E-state index contributed by atoms with van der Waals surface area (Å²) >= 11 is 0. The first-order valence-electron chi connectivity index (χ1n) is 4.92. The molecule has 0 bridgehead atoms. The molecule has 1 aliphatic carbocycles. The Morgan fingerprint density at radius 2 is 2.00 bits per heavy atom. The predicted octanol–water partition coefficient (Wildman–Crippen LogP) is 3.80. The van der Waals surface area contributed by atoms with Crippen LogP contribution in [0.5, 0.6) is 5.75 Å². The molecule has 1 fully saturated rings. The molecule has 0 saturated heterocycles. The van der Waals surface area contributed by atoms with E-state index in [9.17, 15) is 13.2 Å². The van der Waals surface area contributed by atoms with Crippen LogP contribution in [0.25, 0.3) is 0 Å². The number of alkyl halides is 3. The first-order chi connectivity index (χ1) is 7.49. The van der Waals surface area contributed by atoms with E-state index < -0.39 is 6.36 Å². The number of benzene rings is 1. The van der Waals surface area contributed by atoms with E-state index in [1.54, 1.807) is 6.07 Å². The van der Waals surface area contributed by atoms with E-state index in [0.717, 1.165) is 18.4 Å². The van der Waals surface area contributed by atoms with Crippen LogP contribution >= 0.6 is 0 Å². The second-order valence-corrected chi connectivity index (χ2v) is 3.75. The second-order valence-electron chi connectivity index (χ2n) is 3.75. The molecule has 1 aromatic carbocycles. The molecule has 1 radical (unpaired) electrons. The number of halogens is 3. The van der Waals surface area contributed by atoms with Crippen molar-refractivity contribution < 1.29 is 17.9 Å². The molecule has 1 aromatic rings. The first-order valence-corrected chi connectivity index (χ1v) is 4.92. The van der Waals surface area contributed by atoms with Crippen LogP contribution in [0.1, 0.15) is 29.9 Å². The van der Waals surface area contributed by atoms with Crippen molar-refractivity contribution in [1.82, 2.24) is 0 Å². The fourth-order valence-corrected chi connectivity index (χ4v) is 1.64. The molecular weight excluding hydrogens is 217 g/mol. The van der Waals surface area contributed by atoms with Gasteiger partial charge in [0.05, 0.1) is 0 Å². The Morgan fingerprint density at radius 1 is 1.31 bits per heavy atom. The highest BCUT2D eigenvalue weighted by Gasteiger charge is 2.32. The van der Waals surface area contributed by atoms with Crippen molar-refractivity contribution in [3.8, 4) is 5.75 Å². The molecule has 1 aliphatic rings. The SMILES string of the molecule is C=[C]c1cc(OC(F)(F)F)ccc1C1CC1. The van der Waals surface area contributed by atoms with Crippen molar-refractivity contribution in [2.24, 2.45) is 0 Å². The van der Waals surface area contributed by atoms with Gasteiger partial charge in [-0.25, -0.2) is 0 Å². The normalized spacial score (nSPS) is 15.9. The van der Waals surface area contributed by atoms with Gasteiger partial charge in [-0.1, -0.05) is 12.6 Å². The zero-order valence-corrected chi connectivity index (χ0v) is 8.47. The van der Waals surface area contributed by atoms with E-state index in [2.05, 4.69) is 17.4 Å². The molecule has 0 aromatic heterocycles. The standard InChI is InChI=1S/C12H10F3O/c1-2-8-7-10(16-12(13,14)15)5-6-11(8)9-3-4-9/h5-7,9H,1,3-4H2. The summed E-state index contributed by atoms with van der Waals surface area (Å²) in [6, 6.07) is 4.32. The van der Waals surface area contributed by atoms with Gasteiger partial charge in [0, 0.05) is 0 Å². The molecule has 16 heavy (non-hydrogen) atoms. The Kier molecular flexibility index (Phi) is 2.66. The Hall–Kier alpha value is -1.45. The van der Waals surface area contributed by atoms with Gasteiger partial charge >= 0.3 is 6.36 Å². The molecule has 0 amide bonds. The minimum Gasteiger partial charge on any atom is -0.406 e. The summed E-state index contributed by atoms with van der Waals surface area (Å²) in [5, 5.41) is 0. The summed E-state index contributed by atoms with van der Waals surface area (Å²) in [5.41, 5.74) is 1.61. The maximum Gasteiger partial charge on any atom is 0.573 e. The molecule has 0 atom stereocenters. The minimum atomic E-state index is -4.65. The van der Waals surface area contributed by atoms with Crippen molar-refractivity contribution in [3.63, 3.8) is 0 Å². The topological polar surface area (TPSA) is 9.23 Å². The van der Waals surface area contributed by atoms with Gasteiger partial charge in [0.2, 0.25) is 0 Å². The van der Waals surface area contributed by atoms with Crippen LogP contribution in [-0.2, 0) is 0 Å². The van der Waals surface area contributed by atoms with Crippen LogP contribution in [0, 0.1) is 6.08 Å². The molecule has 0 spiro atoms. The predicted molar refractivity (Wildman–Crippen MR) is 53.1 cm³/mol. The Bertz CT molecular complexity index is 405. The Labute approximate surface area is 91.5 Å². The van der Waals surface area contributed by atoms with E-state index in [-0.39, 0.29) is 5.75 Å². The molecule has 2 rings (SSSR count). The van der Waals surface area contributed by atoms with Gasteiger partial charge in [-0.05, 0) is 48.1 Å². The lowest BCUT2D eigenvalue weighted by molar-refractivity contribution is -0.274. The van der Waals surface area contributed by atoms with Gasteiger partial charge in [0.1, 0.15) is 5.75 Å². The Morgan fingerprint density at radius 3 is 2.50 bits per heavy atom. The number of rotatable bonds is 3. The highest BCUT2D eigenvalue weighted by atomic mass is 19.4. The summed E-state index contributed by atoms with van der Waals surface area (Å²) in [4.78, 5) is 0. The maximum absolute atomic E-state index is 12.0. The van der Waals surface area contributed by atoms with Crippen LogP contribution < -0.4 is 4.74 Å². The summed E-state index contributed by atoms with van der Waals surface area (Å²) in [6.45, 7) is 3.48. The molecule has 1 saturated carbocycles. The van der Waals surface area contributed by atoms with E-state index >= 15 is 0 Å². The van der Waals surface area contributed by atoms with E-state index in [4.69, 9.17) is 0 Å². The lowest BCUT2D eigenvalue weighted by Gasteiger charge is -2.11. The minimum absolute atomic E-state index is 0.219. The Balaban J connectivity index is 2.25. The van der Waals surface area contributed by atoms with E-state index in [1.165, 1.54) is 12.1 Å². The van der Waals surface area contributed by atoms with Gasteiger partial charge < -0.3 is 4.74 Å². The van der Waals surface area contributed by atoms with Crippen molar-refractivity contribution >= 4 is 0 Å². The van der Waals surface area contributed by atoms with Crippen LogP contribution in [0.2, 0.25) is 0 Å². The highest BCUT2D eigenvalue weighted by Crippen LogP contribution is 2.42. The summed E-state index contributed by atoms with van der Waals surface area (Å²) in [5.74, 6) is 0.229. The largest absolute Gasteiger partial charge is 0.573 e. The molecule has 4 heteroatoms. The smallest absolute Gasteiger partial charge is 0.406 e. The number of hydrogen-bond donors (Lipinski definition) is 0. The van der Waals surface area contributed by atoms with Crippen molar-refractivity contribution in [2.45, 2.75) is 25.1 Å². The fourth-order valence-electron chi connectivity index (χ4n) is 1.64. The van der Waals surface area contributed by atoms with Crippen molar-refractivity contribution in [2.75, 3.05) is 0 Å². The zero-order valence-electron chi connectivity index (χ0n) is 8.47. The number of hydrogen-bond acceptors (Lipinski definition) is 1. The van der Waals surface area contributed by atoms with Crippen LogP contribution in [0.3, 0.4) is 0 Å². The van der Waals surface area contributed by atoms with Crippen LogP contribution in [0.15, 0.2) is 24.8 Å². The molecule has 0 unspecified atom stereocenters. The fraction of sp³-hybridized carbons (Fsp3) is 0.333. The van der Waals surface area contributed by atoms with E-state index in [1.807, 2.05) is 0 Å². The number of ether oxygens (including phenoxy) is 1. The third-order valence-electron chi connectivity index (χ3n) is 2.47. The maximum atomic E-state index is 12.0. The van der Waals surface area contributed by atoms with Gasteiger partial charge in [-0.15, -0.1) is 13.2 Å². The first kappa shape index (κ1) is 11.0. The summed E-state index contributed by atoms with van der Waals surface area (Å²) in [7, 11) is 0. The molecule has 85 valence electrons. The average Bonchev–Trinajstić information content (AvgIpc) is 2.98. The highest BCUT2D eigenvalue weighted by molar-refractivity contribution is 5.42. The molecule has 1 nitrogen and oxygen atoms in total. The molecule has 0 aliphatic heterocycles. The zero-order chi connectivity index (χ0) is 11.8. The van der Waals surface area contributed by atoms with Crippen LogP contribution in [-0.4, -0.2) is 6.36 Å². The summed E-state index contributed by atoms with van der Waals surface area (Å²) in [6.07, 6.45) is 0.148.